The van der Waals surface area contributed by atoms with Crippen molar-refractivity contribution >= 4 is 44.6 Å². The molecule has 2 aromatic rings. The highest BCUT2D eigenvalue weighted by molar-refractivity contribution is 14.1. The fourth-order valence-electron chi connectivity index (χ4n) is 3.34. The number of nitrogens with zero attached hydrogens (tertiary/aromatic N) is 1. The van der Waals surface area contributed by atoms with Crippen LogP contribution in [0.4, 0.5) is 4.79 Å². The number of rotatable bonds is 6. The van der Waals surface area contributed by atoms with E-state index in [1.165, 1.54) is 0 Å². The van der Waals surface area contributed by atoms with Gasteiger partial charge in [0.25, 0.3) is 0 Å². The van der Waals surface area contributed by atoms with Gasteiger partial charge in [0.2, 0.25) is 0 Å². The molecule has 26 heavy (non-hydrogen) atoms. The van der Waals surface area contributed by atoms with Crippen molar-refractivity contribution in [3.8, 4) is 0 Å². The van der Waals surface area contributed by atoms with Gasteiger partial charge in [0.1, 0.15) is 3.55 Å². The third-order valence-corrected chi connectivity index (χ3v) is 6.57. The second-order valence-electron chi connectivity index (χ2n) is 6.60. The van der Waals surface area contributed by atoms with Gasteiger partial charge >= 0.3 is 6.09 Å². The lowest BCUT2D eigenvalue weighted by Gasteiger charge is -2.34. The Morgan fingerprint density at radius 2 is 1.88 bits per heavy atom. The van der Waals surface area contributed by atoms with Crippen molar-refractivity contribution < 1.29 is 14.6 Å². The fraction of sp³-hybridized carbons (Fsp3) is 0.350. The predicted octanol–water partition coefficient (Wildman–Crippen LogP) is 5.18. The van der Waals surface area contributed by atoms with Gasteiger partial charge in [0.05, 0.1) is 6.54 Å². The lowest BCUT2D eigenvalue weighted by atomic mass is 9.88. The Hall–Kier alpha value is -1.12. The minimum absolute atomic E-state index is 0.0698. The van der Waals surface area contributed by atoms with E-state index in [9.17, 15) is 9.90 Å². The Labute approximate surface area is 175 Å². The van der Waals surface area contributed by atoms with E-state index in [1.807, 2.05) is 61.5 Å². The number of hydrogen-bond acceptors (Lipinski definition) is 3. The summed E-state index contributed by atoms with van der Waals surface area (Å²) >= 11 is 5.76. The molecule has 1 amide bonds. The summed E-state index contributed by atoms with van der Waals surface area (Å²) in [6.07, 6.45) is 0.835. The number of ether oxygens (including phenoxy) is 1. The molecule has 0 bridgehead atoms. The van der Waals surface area contributed by atoms with Gasteiger partial charge in [-0.25, -0.2) is 4.79 Å². The largest absolute Gasteiger partial charge is 0.436 e. The summed E-state index contributed by atoms with van der Waals surface area (Å²) in [4.78, 5) is 14.6. The number of benzene rings is 2. The van der Waals surface area contributed by atoms with Crippen LogP contribution in [0.25, 0.3) is 0 Å². The van der Waals surface area contributed by atoms with Crippen molar-refractivity contribution in [2.75, 3.05) is 13.2 Å². The molecule has 1 heterocycles. The van der Waals surface area contributed by atoms with Crippen LogP contribution in [0.15, 0.2) is 59.1 Å². The monoisotopic (exact) mass is 529 g/mol. The van der Waals surface area contributed by atoms with Crippen LogP contribution in [0.2, 0.25) is 0 Å². The molecule has 0 saturated carbocycles. The van der Waals surface area contributed by atoms with Crippen LogP contribution < -0.4 is 0 Å². The van der Waals surface area contributed by atoms with Gasteiger partial charge in [-0.05, 0) is 65.6 Å². The van der Waals surface area contributed by atoms with Gasteiger partial charge in [-0.1, -0.05) is 58.4 Å². The summed E-state index contributed by atoms with van der Waals surface area (Å²) in [5.74, 6) is 0. The molecule has 1 N–H and O–H groups in total. The highest BCUT2D eigenvalue weighted by Crippen LogP contribution is 2.45. The average Bonchev–Trinajstić information content (AvgIpc) is 3.00. The zero-order valence-corrected chi connectivity index (χ0v) is 18.2. The third kappa shape index (κ3) is 3.77. The molecule has 6 heteroatoms. The predicted molar refractivity (Wildman–Crippen MR) is 113 cm³/mol. The van der Waals surface area contributed by atoms with Gasteiger partial charge in [-0.15, -0.1) is 0 Å². The molecule has 138 valence electrons. The third-order valence-electron chi connectivity index (χ3n) is 4.83. The molecule has 1 fully saturated rings. The normalized spacial score (nSPS) is 22.2. The number of amides is 1. The summed E-state index contributed by atoms with van der Waals surface area (Å²) in [6, 6.07) is 17.8. The van der Waals surface area contributed by atoms with E-state index in [1.54, 1.807) is 4.90 Å². The standard InChI is InChI=1S/C20H21BrINO3/c1-19(22,15-8-10-17(21)11-9-15)23-14-20(12-5-13-24,26-18(23)25)16-6-3-2-4-7-16/h2-4,6-11,24H,5,12-14H2,1H3/t19-,20?/m1/s1. The lowest BCUT2D eigenvalue weighted by Crippen LogP contribution is -2.41. The van der Waals surface area contributed by atoms with Gasteiger partial charge in [0.15, 0.2) is 5.60 Å². The van der Waals surface area contributed by atoms with Crippen LogP contribution in [-0.4, -0.2) is 29.3 Å². The average molecular weight is 530 g/mol. The first-order valence-electron chi connectivity index (χ1n) is 8.51. The zero-order valence-electron chi connectivity index (χ0n) is 14.5. The first-order chi connectivity index (χ1) is 12.4. The molecule has 1 saturated heterocycles. The molecule has 0 aromatic heterocycles. The first kappa shape index (κ1) is 19.6. The van der Waals surface area contributed by atoms with Crippen LogP contribution in [-0.2, 0) is 13.9 Å². The molecule has 2 atom stereocenters. The lowest BCUT2D eigenvalue weighted by molar-refractivity contribution is 0.0409. The van der Waals surface area contributed by atoms with Crippen LogP contribution in [0.3, 0.4) is 0 Å². The topological polar surface area (TPSA) is 49.8 Å². The quantitative estimate of drug-likeness (QED) is 0.319. The van der Waals surface area contributed by atoms with Crippen molar-refractivity contribution in [3.05, 3.63) is 70.2 Å². The summed E-state index contributed by atoms with van der Waals surface area (Å²) < 4.78 is 6.41. The Balaban J connectivity index is 1.95. The number of carbonyl (C=O) groups is 1. The molecule has 4 nitrogen and oxygen atoms in total. The fourth-order valence-corrected chi connectivity index (χ4v) is 4.33. The molecule has 1 aliphatic heterocycles. The van der Waals surface area contributed by atoms with Crippen LogP contribution >= 0.6 is 38.5 Å². The van der Waals surface area contributed by atoms with Crippen molar-refractivity contribution in [1.82, 2.24) is 4.90 Å². The van der Waals surface area contributed by atoms with Gasteiger partial charge in [-0.3, -0.25) is 4.90 Å². The minimum atomic E-state index is -0.733. The number of alkyl halides is 1. The SMILES string of the molecule is C[C@](I)(c1ccc(Br)cc1)N1CC(CCCO)(c2ccccc2)OC1=O. The van der Waals surface area contributed by atoms with Crippen molar-refractivity contribution in [2.45, 2.75) is 28.9 Å². The van der Waals surface area contributed by atoms with Gasteiger partial charge in [0, 0.05) is 11.1 Å². The van der Waals surface area contributed by atoms with E-state index < -0.39 is 9.15 Å². The molecular formula is C20H21BrINO3. The molecule has 3 rings (SSSR count). The molecule has 0 radical (unpaired) electrons. The molecule has 1 aliphatic rings. The molecule has 0 spiro atoms. The maximum absolute atomic E-state index is 12.8. The van der Waals surface area contributed by atoms with Gasteiger partial charge < -0.3 is 9.84 Å². The zero-order chi connectivity index (χ0) is 18.8. The Bertz CT molecular complexity index is 766. The molecule has 0 aliphatic carbocycles. The van der Waals surface area contributed by atoms with Crippen molar-refractivity contribution in [2.24, 2.45) is 0 Å². The summed E-state index contributed by atoms with van der Waals surface area (Å²) in [7, 11) is 0. The number of carbonyl (C=O) groups excluding carboxylic acids is 1. The van der Waals surface area contributed by atoms with E-state index in [0.717, 1.165) is 15.6 Å². The smallest absolute Gasteiger partial charge is 0.412 e. The van der Waals surface area contributed by atoms with E-state index in [0.29, 0.717) is 19.4 Å². The van der Waals surface area contributed by atoms with E-state index >= 15 is 0 Å². The van der Waals surface area contributed by atoms with Gasteiger partial charge in [-0.2, -0.15) is 0 Å². The van der Waals surface area contributed by atoms with E-state index in [2.05, 4.69) is 38.5 Å². The summed E-state index contributed by atoms with van der Waals surface area (Å²) in [5.41, 5.74) is 1.26. The number of hydrogen-bond donors (Lipinski definition) is 1. The second kappa shape index (κ2) is 7.86. The van der Waals surface area contributed by atoms with Crippen LogP contribution in [0, 0.1) is 0 Å². The van der Waals surface area contributed by atoms with Crippen LogP contribution in [0.1, 0.15) is 30.9 Å². The van der Waals surface area contributed by atoms with Crippen molar-refractivity contribution in [1.29, 1.82) is 0 Å². The molecule has 1 unspecified atom stereocenters. The number of cyclic esters (lactones) is 1. The first-order valence-corrected chi connectivity index (χ1v) is 10.4. The number of aliphatic hydroxyl groups is 1. The van der Waals surface area contributed by atoms with E-state index in [4.69, 9.17) is 4.74 Å². The number of halogens is 2. The molecule has 2 aromatic carbocycles. The Morgan fingerprint density at radius 3 is 2.50 bits per heavy atom. The van der Waals surface area contributed by atoms with Crippen LogP contribution in [0.5, 0.6) is 0 Å². The highest BCUT2D eigenvalue weighted by atomic mass is 127. The minimum Gasteiger partial charge on any atom is -0.436 e. The Kier molecular flexibility index (Phi) is 5.94. The highest BCUT2D eigenvalue weighted by Gasteiger charge is 2.51. The number of aliphatic hydroxyl groups excluding tert-OH is 1. The maximum Gasteiger partial charge on any atom is 0.412 e. The Morgan fingerprint density at radius 1 is 1.23 bits per heavy atom. The van der Waals surface area contributed by atoms with Crippen molar-refractivity contribution in [3.63, 3.8) is 0 Å². The summed E-state index contributed by atoms with van der Waals surface area (Å²) in [5, 5.41) is 9.32. The van der Waals surface area contributed by atoms with E-state index in [-0.39, 0.29) is 12.7 Å². The molecular weight excluding hydrogens is 509 g/mol. The second-order valence-corrected chi connectivity index (χ2v) is 9.62. The summed E-state index contributed by atoms with van der Waals surface area (Å²) in [6.45, 7) is 2.54. The maximum atomic E-state index is 12.8.